The Morgan fingerprint density at radius 3 is 2.14 bits per heavy atom. The fourth-order valence-electron chi connectivity index (χ4n) is 1.76. The molecule has 0 saturated carbocycles. The molecular weight excluding hydrogens is 435 g/mol. The summed E-state index contributed by atoms with van der Waals surface area (Å²) >= 11 is 11.3. The summed E-state index contributed by atoms with van der Waals surface area (Å²) in [4.78, 5) is 24.3. The molecule has 1 amide bonds. The molecule has 0 radical (unpaired) electrons. The predicted octanol–water partition coefficient (Wildman–Crippen LogP) is 4.01. The summed E-state index contributed by atoms with van der Waals surface area (Å²) in [6.07, 6.45) is -3.77. The second-order valence-electron chi connectivity index (χ2n) is 4.80. The van der Waals surface area contributed by atoms with Gasteiger partial charge in [-0.3, -0.25) is 9.78 Å². The molecule has 1 aromatic carbocycles. The number of amides is 1. The van der Waals surface area contributed by atoms with E-state index in [4.69, 9.17) is 42.6 Å². The number of fused-ring (bicyclic) bond motifs is 1. The largest absolute Gasteiger partial charge is 0.493 e. The summed E-state index contributed by atoms with van der Waals surface area (Å²) < 4.78 is 54.8. The van der Waals surface area contributed by atoms with Crippen LogP contribution in [0.25, 0.3) is 10.9 Å². The Hall–Kier alpha value is -2.53. The Balaban J connectivity index is 0.000000480. The molecule has 0 saturated heterocycles. The molecule has 1 unspecified atom stereocenters. The first kappa shape index (κ1) is 23.5. The first-order chi connectivity index (χ1) is 12.9. The molecule has 0 aliphatic rings. The van der Waals surface area contributed by atoms with Crippen molar-refractivity contribution in [2.45, 2.75) is 11.8 Å². The van der Waals surface area contributed by atoms with Crippen LogP contribution in [0.2, 0.25) is 5.02 Å². The van der Waals surface area contributed by atoms with Crippen molar-refractivity contribution < 1.29 is 41.7 Å². The number of carboxylic acid groups (broad SMARTS) is 1. The molecule has 2 N–H and O–H groups in total. The zero-order valence-corrected chi connectivity index (χ0v) is 15.6. The Morgan fingerprint density at radius 1 is 1.21 bits per heavy atom. The van der Waals surface area contributed by atoms with Crippen molar-refractivity contribution in [2.75, 3.05) is 19.5 Å². The molecule has 0 bridgehead atoms. The fourth-order valence-corrected chi connectivity index (χ4v) is 2.06. The molecule has 1 aromatic heterocycles. The third kappa shape index (κ3) is 5.99. The fraction of sp³-hybridized carbons (Fsp3) is 0.267. The van der Waals surface area contributed by atoms with Crippen molar-refractivity contribution in [1.29, 1.82) is 0 Å². The van der Waals surface area contributed by atoms with E-state index in [2.05, 4.69) is 10.3 Å². The highest BCUT2D eigenvalue weighted by molar-refractivity contribution is 6.39. The number of hydrogen-bond donors (Lipinski definition) is 2. The van der Waals surface area contributed by atoms with Crippen LogP contribution in [0.4, 0.5) is 23.2 Å². The van der Waals surface area contributed by atoms with Crippen molar-refractivity contribution in [3.63, 3.8) is 0 Å². The van der Waals surface area contributed by atoms with Crippen molar-refractivity contribution in [2.24, 2.45) is 0 Å². The van der Waals surface area contributed by atoms with Gasteiger partial charge in [0.05, 0.1) is 36.6 Å². The molecule has 13 heteroatoms. The van der Waals surface area contributed by atoms with Crippen LogP contribution in [-0.2, 0) is 9.59 Å². The normalized spacial score (nSPS) is 11.9. The second-order valence-corrected chi connectivity index (χ2v) is 5.56. The van der Waals surface area contributed by atoms with Gasteiger partial charge in [0.15, 0.2) is 11.5 Å². The maximum absolute atomic E-state index is 12.7. The number of carbonyl (C=O) groups is 2. The number of pyridine rings is 1. The van der Waals surface area contributed by atoms with E-state index >= 15 is 0 Å². The Bertz CT molecular complexity index is 878. The van der Waals surface area contributed by atoms with Gasteiger partial charge in [0.25, 0.3) is 11.5 Å². The summed E-state index contributed by atoms with van der Waals surface area (Å²) in [6.45, 7) is 0. The van der Waals surface area contributed by atoms with Gasteiger partial charge in [-0.15, -0.1) is 0 Å². The smallest absolute Gasteiger partial charge is 0.490 e. The summed E-state index contributed by atoms with van der Waals surface area (Å²) in [5, 5.41) is 10.1. The van der Waals surface area contributed by atoms with E-state index in [0.717, 1.165) is 0 Å². The van der Waals surface area contributed by atoms with Crippen LogP contribution in [-0.4, -0.2) is 48.0 Å². The van der Waals surface area contributed by atoms with E-state index in [1.807, 2.05) is 0 Å². The number of ether oxygens (including phenoxy) is 2. The summed E-state index contributed by atoms with van der Waals surface area (Å²) in [5.41, 5.74) is -1.47. The zero-order valence-electron chi connectivity index (χ0n) is 14.1. The van der Waals surface area contributed by atoms with Crippen LogP contribution in [0.3, 0.4) is 0 Å². The van der Waals surface area contributed by atoms with Gasteiger partial charge in [-0.05, 0) is 6.07 Å². The topological polar surface area (TPSA) is 97.8 Å². The average Bonchev–Trinajstić information content (AvgIpc) is 2.62. The number of halogens is 6. The third-order valence-corrected chi connectivity index (χ3v) is 3.61. The molecule has 0 aliphatic carbocycles. The monoisotopic (exact) mass is 446 g/mol. The first-order valence-corrected chi connectivity index (χ1v) is 7.83. The lowest BCUT2D eigenvalue weighted by Gasteiger charge is -2.12. The van der Waals surface area contributed by atoms with E-state index in [1.165, 1.54) is 20.4 Å². The number of alkyl halides is 5. The maximum atomic E-state index is 12.7. The van der Waals surface area contributed by atoms with Gasteiger partial charge in [-0.2, -0.15) is 13.2 Å². The predicted molar refractivity (Wildman–Crippen MR) is 92.9 cm³/mol. The van der Waals surface area contributed by atoms with Crippen LogP contribution < -0.4 is 14.8 Å². The number of anilines is 1. The van der Waals surface area contributed by atoms with Gasteiger partial charge in [0, 0.05) is 11.5 Å². The van der Waals surface area contributed by atoms with Crippen LogP contribution in [0.5, 0.6) is 11.5 Å². The minimum atomic E-state index is -5.08. The van der Waals surface area contributed by atoms with E-state index in [1.54, 1.807) is 12.1 Å². The number of nitrogens with one attached hydrogen (secondary N) is 1. The van der Waals surface area contributed by atoms with Gasteiger partial charge < -0.3 is 19.9 Å². The summed E-state index contributed by atoms with van der Waals surface area (Å²) in [6, 6.07) is 3.26. The lowest BCUT2D eigenvalue weighted by molar-refractivity contribution is -0.192. The van der Waals surface area contributed by atoms with Crippen molar-refractivity contribution >= 4 is 51.7 Å². The number of carboxylic acids is 1. The molecule has 154 valence electrons. The van der Waals surface area contributed by atoms with E-state index < -0.39 is 23.7 Å². The first-order valence-electron chi connectivity index (χ1n) is 7.01. The molecule has 0 spiro atoms. The maximum Gasteiger partial charge on any atom is 0.490 e. The van der Waals surface area contributed by atoms with Crippen LogP contribution in [0.15, 0.2) is 18.3 Å². The molecule has 2 rings (SSSR count). The van der Waals surface area contributed by atoms with E-state index in [-0.39, 0.29) is 10.7 Å². The van der Waals surface area contributed by atoms with Crippen LogP contribution in [0, 0.1) is 0 Å². The number of hydrogen-bond acceptors (Lipinski definition) is 5. The summed E-state index contributed by atoms with van der Waals surface area (Å²) in [7, 11) is 2.99. The molecule has 2 aromatic rings. The SMILES string of the molecule is COc1cc2ncc(NC(=O)C(F)Cl)c(Cl)c2cc1OC.O=C(O)C(F)(F)F. The molecular formula is C15H12Cl2F4N2O5. The van der Waals surface area contributed by atoms with Gasteiger partial charge >= 0.3 is 12.1 Å². The molecule has 28 heavy (non-hydrogen) atoms. The lowest BCUT2D eigenvalue weighted by Crippen LogP contribution is -2.21. The average molecular weight is 447 g/mol. The van der Waals surface area contributed by atoms with Gasteiger partial charge in [0.1, 0.15) is 0 Å². The highest BCUT2D eigenvalue weighted by Gasteiger charge is 2.38. The Kier molecular flexibility index (Phi) is 8.06. The Labute approximate surface area is 165 Å². The van der Waals surface area contributed by atoms with Gasteiger partial charge in [-0.1, -0.05) is 23.2 Å². The lowest BCUT2D eigenvalue weighted by atomic mass is 10.2. The Morgan fingerprint density at radius 2 is 1.71 bits per heavy atom. The number of nitrogens with zero attached hydrogens (tertiary/aromatic N) is 1. The molecule has 0 aliphatic heterocycles. The van der Waals surface area contributed by atoms with Gasteiger partial charge in [-0.25, -0.2) is 9.18 Å². The number of benzene rings is 1. The quantitative estimate of drug-likeness (QED) is 0.543. The van der Waals surface area contributed by atoms with E-state index in [9.17, 15) is 22.4 Å². The number of methoxy groups -OCH3 is 2. The zero-order chi connectivity index (χ0) is 21.6. The number of carbonyl (C=O) groups excluding carboxylic acids is 1. The second kappa shape index (κ2) is 9.60. The van der Waals surface area contributed by atoms with Crippen LogP contribution in [0.1, 0.15) is 0 Å². The van der Waals surface area contributed by atoms with Crippen molar-refractivity contribution in [3.05, 3.63) is 23.4 Å². The van der Waals surface area contributed by atoms with Gasteiger partial charge in [0.2, 0.25) is 0 Å². The number of aromatic nitrogens is 1. The molecule has 7 nitrogen and oxygen atoms in total. The molecule has 1 heterocycles. The standard InChI is InChI=1S/C13H11Cl2FN2O3.C2HF3O2/c1-20-9-3-6-7(4-10(9)21-2)17-5-8(11(6)14)18-13(19)12(15)16;3-2(4,5)1(6)7/h3-5,12H,1-2H3,(H,18,19);(H,6,7). The minimum Gasteiger partial charge on any atom is -0.493 e. The highest BCUT2D eigenvalue weighted by Crippen LogP contribution is 2.37. The van der Waals surface area contributed by atoms with Crippen LogP contribution >= 0.6 is 23.2 Å². The summed E-state index contributed by atoms with van der Waals surface area (Å²) in [5.74, 6) is -2.82. The molecule has 1 atom stereocenters. The van der Waals surface area contributed by atoms with Crippen molar-refractivity contribution in [3.8, 4) is 11.5 Å². The van der Waals surface area contributed by atoms with E-state index in [0.29, 0.717) is 22.4 Å². The van der Waals surface area contributed by atoms with Crippen molar-refractivity contribution in [1.82, 2.24) is 4.98 Å². The number of aliphatic carboxylic acids is 1. The molecule has 0 fully saturated rings. The number of rotatable bonds is 4. The third-order valence-electron chi connectivity index (χ3n) is 3.01. The highest BCUT2D eigenvalue weighted by atomic mass is 35.5. The minimum absolute atomic E-state index is 0.157.